The van der Waals surface area contributed by atoms with E-state index >= 15 is 0 Å². The Labute approximate surface area is 205 Å². The monoisotopic (exact) mass is 506 g/mol. The number of aliphatic hydroxyl groups is 7. The van der Waals surface area contributed by atoms with E-state index < -0.39 is 55.3 Å². The molecule has 35 heavy (non-hydrogen) atoms. The van der Waals surface area contributed by atoms with Crippen LogP contribution in [0.1, 0.15) is 53.4 Å². The Hall–Kier alpha value is -0.700. The van der Waals surface area contributed by atoms with Crippen LogP contribution < -0.4 is 0 Å². The lowest BCUT2D eigenvalue weighted by Crippen LogP contribution is -2.61. The van der Waals surface area contributed by atoms with Gasteiger partial charge in [0.15, 0.2) is 12.6 Å². The topological polar surface area (TPSA) is 179 Å². The molecule has 11 nitrogen and oxygen atoms in total. The second kappa shape index (κ2) is 11.8. The third-order valence-electron chi connectivity index (χ3n) is 7.29. The summed E-state index contributed by atoms with van der Waals surface area (Å²) in [6.07, 6.45) is -10.3. The normalized spacial score (nSPS) is 43.3. The highest BCUT2D eigenvalue weighted by Gasteiger charge is 2.47. The minimum Gasteiger partial charge on any atom is -0.393 e. The molecule has 0 amide bonds. The van der Waals surface area contributed by atoms with Crippen molar-refractivity contribution in [2.45, 2.75) is 121 Å². The third-order valence-corrected chi connectivity index (χ3v) is 7.29. The Morgan fingerprint density at radius 2 is 1.63 bits per heavy atom. The molecule has 0 bridgehead atoms. The summed E-state index contributed by atoms with van der Waals surface area (Å²) in [5.41, 5.74) is 2.24. The van der Waals surface area contributed by atoms with Gasteiger partial charge in [0.05, 0.1) is 25.4 Å². The van der Waals surface area contributed by atoms with Gasteiger partial charge in [-0.1, -0.05) is 25.0 Å². The van der Waals surface area contributed by atoms with Gasteiger partial charge in [-0.2, -0.15) is 0 Å². The Morgan fingerprint density at radius 3 is 2.26 bits per heavy atom. The van der Waals surface area contributed by atoms with Crippen LogP contribution in [0.15, 0.2) is 11.1 Å². The molecule has 2 aliphatic heterocycles. The fourth-order valence-corrected chi connectivity index (χ4v) is 5.28. The van der Waals surface area contributed by atoms with E-state index in [4.69, 9.17) is 18.9 Å². The molecule has 2 fully saturated rings. The van der Waals surface area contributed by atoms with E-state index in [1.54, 1.807) is 6.92 Å². The van der Waals surface area contributed by atoms with E-state index in [0.29, 0.717) is 19.3 Å². The molecule has 0 aromatic heterocycles. The van der Waals surface area contributed by atoms with E-state index in [1.165, 1.54) is 5.57 Å². The summed E-state index contributed by atoms with van der Waals surface area (Å²) < 4.78 is 22.5. The molecule has 11 heteroatoms. The molecule has 11 atom stereocenters. The van der Waals surface area contributed by atoms with Crippen molar-refractivity contribution in [3.8, 4) is 0 Å². The molecule has 0 saturated carbocycles. The van der Waals surface area contributed by atoms with Crippen molar-refractivity contribution in [2.24, 2.45) is 5.41 Å². The van der Waals surface area contributed by atoms with Crippen LogP contribution in [0.2, 0.25) is 0 Å². The molecule has 7 N–H and O–H groups in total. The lowest BCUT2D eigenvalue weighted by Gasteiger charge is -2.44. The van der Waals surface area contributed by atoms with Gasteiger partial charge in [0.1, 0.15) is 42.7 Å². The number of hydrogen-bond donors (Lipinski definition) is 7. The summed E-state index contributed by atoms with van der Waals surface area (Å²) in [6, 6.07) is 0. The minimum atomic E-state index is -1.55. The van der Waals surface area contributed by atoms with Gasteiger partial charge in [-0.25, -0.2) is 0 Å². The molecule has 2 heterocycles. The van der Waals surface area contributed by atoms with E-state index in [-0.39, 0.29) is 30.8 Å². The standard InChI is InChI=1S/C24H42O11/c1-11-7-13(8-24(3,4)14(11)6-5-12(2)25)34-23-21(31)19(29)18(28)16(35-23)10-33-22-20(30)17(27)15(26)9-32-22/h12-13,15-23,25-31H,5-10H2,1-4H3/t12-,13-,15+,16-,17+,18-,19+,20-,21-,22-,23+/m1/s1. The van der Waals surface area contributed by atoms with E-state index in [1.807, 2.05) is 6.92 Å². The molecule has 3 aliphatic rings. The summed E-state index contributed by atoms with van der Waals surface area (Å²) in [7, 11) is 0. The molecule has 0 spiro atoms. The summed E-state index contributed by atoms with van der Waals surface area (Å²) in [6.45, 7) is 7.45. The van der Waals surface area contributed by atoms with Crippen LogP contribution in [0.25, 0.3) is 0 Å². The second-order valence-corrected chi connectivity index (χ2v) is 10.8. The Morgan fingerprint density at radius 1 is 0.971 bits per heavy atom. The third kappa shape index (κ3) is 6.79. The highest BCUT2D eigenvalue weighted by Crippen LogP contribution is 2.44. The predicted octanol–water partition coefficient (Wildman–Crippen LogP) is -1.07. The summed E-state index contributed by atoms with van der Waals surface area (Å²) in [5.74, 6) is 0. The first-order valence-corrected chi connectivity index (χ1v) is 12.3. The van der Waals surface area contributed by atoms with Crippen LogP contribution in [0.3, 0.4) is 0 Å². The van der Waals surface area contributed by atoms with Crippen molar-refractivity contribution in [1.82, 2.24) is 0 Å². The zero-order valence-electron chi connectivity index (χ0n) is 20.9. The Bertz CT molecular complexity index is 726. The number of hydrogen-bond acceptors (Lipinski definition) is 11. The van der Waals surface area contributed by atoms with Gasteiger partial charge in [0, 0.05) is 0 Å². The van der Waals surface area contributed by atoms with E-state index in [0.717, 1.165) is 12.0 Å². The maximum Gasteiger partial charge on any atom is 0.186 e. The summed E-state index contributed by atoms with van der Waals surface area (Å²) in [5, 5.41) is 70.4. The maximum atomic E-state index is 10.5. The van der Waals surface area contributed by atoms with Crippen molar-refractivity contribution >= 4 is 0 Å². The average Bonchev–Trinajstić information content (AvgIpc) is 2.77. The Balaban J connectivity index is 1.62. The first-order chi connectivity index (χ1) is 16.3. The van der Waals surface area contributed by atoms with E-state index in [9.17, 15) is 35.7 Å². The number of ether oxygens (including phenoxy) is 4. The first kappa shape index (κ1) is 28.9. The molecule has 3 rings (SSSR count). The number of aliphatic hydroxyl groups excluding tert-OH is 7. The molecule has 0 aromatic rings. The number of allylic oxidation sites excluding steroid dienone is 1. The fraction of sp³-hybridized carbons (Fsp3) is 0.917. The molecule has 1 aliphatic carbocycles. The predicted molar refractivity (Wildman–Crippen MR) is 122 cm³/mol. The van der Waals surface area contributed by atoms with Gasteiger partial charge >= 0.3 is 0 Å². The first-order valence-electron chi connectivity index (χ1n) is 12.3. The highest BCUT2D eigenvalue weighted by molar-refractivity contribution is 5.24. The van der Waals surface area contributed by atoms with Crippen LogP contribution in [0.5, 0.6) is 0 Å². The fourth-order valence-electron chi connectivity index (χ4n) is 5.28. The van der Waals surface area contributed by atoms with Crippen LogP contribution in [-0.4, -0.2) is 116 Å². The maximum absolute atomic E-state index is 10.5. The highest BCUT2D eigenvalue weighted by atomic mass is 16.7. The molecule has 0 radical (unpaired) electrons. The van der Waals surface area contributed by atoms with Crippen molar-refractivity contribution < 1.29 is 54.7 Å². The zero-order chi connectivity index (χ0) is 26.1. The lowest BCUT2D eigenvalue weighted by molar-refractivity contribution is -0.328. The van der Waals surface area contributed by atoms with E-state index in [2.05, 4.69) is 13.8 Å². The quantitative estimate of drug-likeness (QED) is 0.199. The lowest BCUT2D eigenvalue weighted by atomic mass is 9.70. The van der Waals surface area contributed by atoms with Gasteiger partial charge in [-0.3, -0.25) is 0 Å². The summed E-state index contributed by atoms with van der Waals surface area (Å²) >= 11 is 0. The van der Waals surface area contributed by atoms with Crippen molar-refractivity contribution in [3.05, 3.63) is 11.1 Å². The molecular weight excluding hydrogens is 464 g/mol. The van der Waals surface area contributed by atoms with Crippen molar-refractivity contribution in [1.29, 1.82) is 0 Å². The van der Waals surface area contributed by atoms with Gasteiger partial charge in [0.25, 0.3) is 0 Å². The van der Waals surface area contributed by atoms with Crippen LogP contribution in [-0.2, 0) is 18.9 Å². The summed E-state index contributed by atoms with van der Waals surface area (Å²) in [4.78, 5) is 0. The molecule has 0 unspecified atom stereocenters. The molecule has 204 valence electrons. The van der Waals surface area contributed by atoms with Gasteiger partial charge in [-0.05, 0) is 44.9 Å². The Kier molecular flexibility index (Phi) is 9.72. The molecule has 0 aromatic carbocycles. The van der Waals surface area contributed by atoms with Crippen LogP contribution in [0.4, 0.5) is 0 Å². The average molecular weight is 507 g/mol. The number of rotatable bonds is 8. The van der Waals surface area contributed by atoms with Crippen molar-refractivity contribution in [3.63, 3.8) is 0 Å². The molecule has 2 saturated heterocycles. The van der Waals surface area contributed by atoms with Crippen molar-refractivity contribution in [2.75, 3.05) is 13.2 Å². The van der Waals surface area contributed by atoms with Gasteiger partial charge in [0.2, 0.25) is 0 Å². The SMILES string of the molecule is CC1=C(CC[C@@H](C)O)C(C)(C)C[C@H](O[C@H]2O[C@H](CO[C@H]3OC[C@H](O)[C@H](O)[C@H]3O)[C@@H](O)[C@H](O)[C@H]2O)C1. The van der Waals surface area contributed by atoms with Gasteiger partial charge < -0.3 is 54.7 Å². The van der Waals surface area contributed by atoms with Gasteiger partial charge in [-0.15, -0.1) is 0 Å². The second-order valence-electron chi connectivity index (χ2n) is 10.8. The molecular formula is C24H42O11. The smallest absolute Gasteiger partial charge is 0.186 e. The van der Waals surface area contributed by atoms with Crippen LogP contribution >= 0.6 is 0 Å². The minimum absolute atomic E-state index is 0.192. The zero-order valence-corrected chi connectivity index (χ0v) is 20.9. The van der Waals surface area contributed by atoms with Crippen LogP contribution in [0, 0.1) is 5.41 Å². The largest absolute Gasteiger partial charge is 0.393 e.